The van der Waals surface area contributed by atoms with Gasteiger partial charge in [-0.15, -0.1) is 0 Å². The number of carbonyl (C=O) groups excluding carboxylic acids is 1. The van der Waals surface area contributed by atoms with E-state index in [9.17, 15) is 4.79 Å². The van der Waals surface area contributed by atoms with Crippen molar-refractivity contribution in [3.8, 4) is 0 Å². The molecule has 0 saturated carbocycles. The quantitative estimate of drug-likeness (QED) is 0.444. The van der Waals surface area contributed by atoms with Crippen molar-refractivity contribution in [1.29, 1.82) is 0 Å². The van der Waals surface area contributed by atoms with Crippen molar-refractivity contribution >= 4 is 28.5 Å². The summed E-state index contributed by atoms with van der Waals surface area (Å²) in [5.74, 6) is -0.0184. The van der Waals surface area contributed by atoms with Crippen LogP contribution in [-0.2, 0) is 9.53 Å². The molecule has 0 bridgehead atoms. The van der Waals surface area contributed by atoms with Crippen LogP contribution in [0, 0.1) is 0 Å². The molecule has 0 aliphatic heterocycles. The first-order valence-corrected chi connectivity index (χ1v) is 5.24. The smallest absolute Gasteiger partial charge is 0.246 e. The average Bonchev–Trinajstić information content (AvgIpc) is 2.01. The van der Waals surface area contributed by atoms with E-state index < -0.39 is 0 Å². The van der Waals surface area contributed by atoms with Crippen molar-refractivity contribution in [2.75, 3.05) is 24.2 Å². The van der Waals surface area contributed by atoms with Crippen LogP contribution in [0.5, 0.6) is 0 Å². The lowest BCUT2D eigenvalue weighted by molar-refractivity contribution is -0.125. The minimum absolute atomic E-state index is 0.0184. The van der Waals surface area contributed by atoms with Gasteiger partial charge in [0, 0.05) is 17.6 Å². The van der Waals surface area contributed by atoms with E-state index in [0.717, 1.165) is 17.4 Å². The number of ether oxygens (including phenoxy) is 1. The minimum atomic E-state index is -0.0184. The number of alkyl halides is 1. The van der Waals surface area contributed by atoms with Crippen LogP contribution in [0.3, 0.4) is 0 Å². The van der Waals surface area contributed by atoms with Crippen molar-refractivity contribution < 1.29 is 9.53 Å². The van der Waals surface area contributed by atoms with Crippen molar-refractivity contribution in [1.82, 2.24) is 5.32 Å². The fourth-order valence-corrected chi connectivity index (χ4v) is 0.817. The number of hydrogen-bond acceptors (Lipinski definition) is 2. The van der Waals surface area contributed by atoms with E-state index in [2.05, 4.69) is 27.9 Å². The summed E-state index contributed by atoms with van der Waals surface area (Å²) in [6.45, 7) is 3.61. The molecule has 0 atom stereocenters. The lowest BCUT2D eigenvalue weighted by Gasteiger charge is -2.02. The summed E-state index contributed by atoms with van der Waals surface area (Å²) in [5.41, 5.74) is 0. The van der Waals surface area contributed by atoms with Gasteiger partial charge >= 0.3 is 0 Å². The van der Waals surface area contributed by atoms with E-state index >= 15 is 0 Å². The maximum Gasteiger partial charge on any atom is 0.246 e. The van der Waals surface area contributed by atoms with E-state index in [4.69, 9.17) is 4.74 Å². The number of nitrogens with one attached hydrogen (secondary N) is 1. The highest BCUT2D eigenvalue weighted by Crippen LogP contribution is 1.81. The van der Waals surface area contributed by atoms with E-state index in [1.54, 1.807) is 0 Å². The Kier molecular flexibility index (Phi) is 8.38. The first-order chi connectivity index (χ1) is 5.31. The van der Waals surface area contributed by atoms with Gasteiger partial charge in [0.2, 0.25) is 5.91 Å². The van der Waals surface area contributed by atoms with Crippen molar-refractivity contribution in [2.24, 2.45) is 0 Å². The number of amides is 1. The van der Waals surface area contributed by atoms with E-state index in [1.807, 2.05) is 6.92 Å². The standard InChI is InChI=1S/C7H14INO2/c1-2-5-11-6-7(10)9-4-3-8/h2-6H2,1H3,(H,9,10). The number of rotatable bonds is 6. The molecule has 0 rings (SSSR count). The summed E-state index contributed by atoms with van der Waals surface area (Å²) in [5, 5.41) is 2.72. The molecule has 0 aromatic carbocycles. The first-order valence-electron chi connectivity index (χ1n) is 3.71. The predicted octanol–water partition coefficient (Wildman–Crippen LogP) is 0.964. The fraction of sp³-hybridized carbons (Fsp3) is 0.857. The molecule has 3 nitrogen and oxygen atoms in total. The molecule has 0 aromatic rings. The zero-order valence-electron chi connectivity index (χ0n) is 6.73. The molecule has 1 N–H and O–H groups in total. The highest BCUT2D eigenvalue weighted by atomic mass is 127. The molecule has 66 valence electrons. The van der Waals surface area contributed by atoms with Gasteiger partial charge in [0.05, 0.1) is 0 Å². The Morgan fingerprint density at radius 3 is 2.91 bits per heavy atom. The van der Waals surface area contributed by atoms with Gasteiger partial charge < -0.3 is 10.1 Å². The predicted molar refractivity (Wildman–Crippen MR) is 53.0 cm³/mol. The Balaban J connectivity index is 3.09. The first kappa shape index (κ1) is 11.2. The van der Waals surface area contributed by atoms with Crippen LogP contribution in [0.25, 0.3) is 0 Å². The molecule has 0 aliphatic rings. The van der Waals surface area contributed by atoms with Gasteiger partial charge in [-0.2, -0.15) is 0 Å². The average molecular weight is 271 g/mol. The van der Waals surface area contributed by atoms with E-state index in [1.165, 1.54) is 0 Å². The monoisotopic (exact) mass is 271 g/mol. The van der Waals surface area contributed by atoms with E-state index in [-0.39, 0.29) is 12.5 Å². The third-order valence-electron chi connectivity index (χ3n) is 0.998. The summed E-state index contributed by atoms with van der Waals surface area (Å²) in [7, 11) is 0. The molecular weight excluding hydrogens is 257 g/mol. The highest BCUT2D eigenvalue weighted by Gasteiger charge is 1.97. The van der Waals surface area contributed by atoms with Crippen molar-refractivity contribution in [3.05, 3.63) is 0 Å². The van der Waals surface area contributed by atoms with Crippen LogP contribution in [0.4, 0.5) is 0 Å². The second-order valence-corrected chi connectivity index (χ2v) is 3.17. The molecule has 11 heavy (non-hydrogen) atoms. The van der Waals surface area contributed by atoms with Crippen molar-refractivity contribution in [2.45, 2.75) is 13.3 Å². The van der Waals surface area contributed by atoms with Crippen LogP contribution in [0.15, 0.2) is 0 Å². The third-order valence-corrected chi connectivity index (χ3v) is 1.54. The second-order valence-electron chi connectivity index (χ2n) is 2.09. The molecule has 0 saturated heterocycles. The molecule has 0 spiro atoms. The van der Waals surface area contributed by atoms with Gasteiger partial charge in [0.1, 0.15) is 6.61 Å². The number of hydrogen-bond donors (Lipinski definition) is 1. The molecule has 4 heteroatoms. The maximum atomic E-state index is 10.8. The Hall–Kier alpha value is 0.160. The lowest BCUT2D eigenvalue weighted by Crippen LogP contribution is -2.29. The zero-order chi connectivity index (χ0) is 8.53. The Morgan fingerprint density at radius 2 is 2.36 bits per heavy atom. The SMILES string of the molecule is CCCOCC(=O)NCCI. The molecule has 0 radical (unpaired) electrons. The Bertz CT molecular complexity index is 109. The molecule has 0 aromatic heterocycles. The minimum Gasteiger partial charge on any atom is -0.372 e. The molecule has 1 amide bonds. The summed E-state index contributed by atoms with van der Waals surface area (Å²) >= 11 is 2.21. The zero-order valence-corrected chi connectivity index (χ0v) is 8.89. The fourth-order valence-electron chi connectivity index (χ4n) is 0.547. The molecule has 0 aliphatic carbocycles. The summed E-state index contributed by atoms with van der Waals surface area (Å²) in [4.78, 5) is 10.8. The lowest BCUT2D eigenvalue weighted by atomic mass is 10.5. The largest absolute Gasteiger partial charge is 0.372 e. The van der Waals surface area contributed by atoms with Gasteiger partial charge in [0.25, 0.3) is 0 Å². The van der Waals surface area contributed by atoms with Gasteiger partial charge in [-0.1, -0.05) is 29.5 Å². The van der Waals surface area contributed by atoms with Crippen LogP contribution in [0.2, 0.25) is 0 Å². The number of carbonyl (C=O) groups is 1. The van der Waals surface area contributed by atoms with Gasteiger partial charge in [-0.3, -0.25) is 4.79 Å². The van der Waals surface area contributed by atoms with Gasteiger partial charge in [-0.05, 0) is 6.42 Å². The summed E-state index contributed by atoms with van der Waals surface area (Å²) < 4.78 is 5.97. The molecular formula is C7H14INO2. The van der Waals surface area contributed by atoms with Crippen molar-refractivity contribution in [3.63, 3.8) is 0 Å². The Labute approximate surface area is 81.0 Å². The van der Waals surface area contributed by atoms with Crippen LogP contribution in [0.1, 0.15) is 13.3 Å². The number of halogens is 1. The molecule has 0 unspecified atom stereocenters. The molecule has 0 fully saturated rings. The molecule has 0 heterocycles. The highest BCUT2D eigenvalue weighted by molar-refractivity contribution is 14.1. The topological polar surface area (TPSA) is 38.3 Å². The van der Waals surface area contributed by atoms with Gasteiger partial charge in [-0.25, -0.2) is 0 Å². The summed E-state index contributed by atoms with van der Waals surface area (Å²) in [6.07, 6.45) is 0.958. The van der Waals surface area contributed by atoms with Gasteiger partial charge in [0.15, 0.2) is 0 Å². The van der Waals surface area contributed by atoms with E-state index in [0.29, 0.717) is 6.61 Å². The van der Waals surface area contributed by atoms with Crippen LogP contribution < -0.4 is 5.32 Å². The van der Waals surface area contributed by atoms with Crippen LogP contribution >= 0.6 is 22.6 Å². The second kappa shape index (κ2) is 8.26. The normalized spacial score (nSPS) is 9.64. The van der Waals surface area contributed by atoms with Crippen LogP contribution in [-0.4, -0.2) is 30.1 Å². The Morgan fingerprint density at radius 1 is 1.64 bits per heavy atom. The third kappa shape index (κ3) is 8.06. The summed E-state index contributed by atoms with van der Waals surface area (Å²) in [6, 6.07) is 0. The maximum absolute atomic E-state index is 10.8.